The Kier molecular flexibility index (Phi) is 5.36. The summed E-state index contributed by atoms with van der Waals surface area (Å²) >= 11 is 18.6. The van der Waals surface area contributed by atoms with Gasteiger partial charge in [-0.25, -0.2) is 0 Å². The SMILES string of the molecule is CCn1cc(CC(CCl)(CCl)c2cccc(Cl)c2)cn1. The van der Waals surface area contributed by atoms with Crippen molar-refractivity contribution >= 4 is 34.8 Å². The third-order valence-electron chi connectivity index (χ3n) is 3.50. The predicted molar refractivity (Wildman–Crippen MR) is 86.2 cm³/mol. The van der Waals surface area contributed by atoms with Gasteiger partial charge in [0.1, 0.15) is 0 Å². The van der Waals surface area contributed by atoms with Crippen molar-refractivity contribution in [3.05, 3.63) is 52.8 Å². The van der Waals surface area contributed by atoms with Crippen LogP contribution in [0.15, 0.2) is 36.7 Å². The Bertz CT molecular complexity index is 562. The number of aryl methyl sites for hydroxylation is 1. The van der Waals surface area contributed by atoms with Gasteiger partial charge in [-0.3, -0.25) is 4.68 Å². The molecule has 0 spiro atoms. The summed E-state index contributed by atoms with van der Waals surface area (Å²) in [6.07, 6.45) is 4.67. The van der Waals surface area contributed by atoms with E-state index in [1.165, 1.54) is 0 Å². The van der Waals surface area contributed by atoms with Gasteiger partial charge in [0.25, 0.3) is 0 Å². The van der Waals surface area contributed by atoms with Gasteiger partial charge in [-0.15, -0.1) is 23.2 Å². The molecule has 20 heavy (non-hydrogen) atoms. The molecule has 0 bridgehead atoms. The van der Waals surface area contributed by atoms with Crippen LogP contribution in [0.25, 0.3) is 0 Å². The van der Waals surface area contributed by atoms with Gasteiger partial charge < -0.3 is 0 Å². The molecule has 0 saturated heterocycles. The van der Waals surface area contributed by atoms with E-state index in [0.29, 0.717) is 16.8 Å². The summed E-state index contributed by atoms with van der Waals surface area (Å²) in [5.41, 5.74) is 1.88. The first-order chi connectivity index (χ1) is 9.63. The molecule has 2 aromatic rings. The summed E-state index contributed by atoms with van der Waals surface area (Å²) in [5.74, 6) is 0.877. The molecule has 0 saturated carbocycles. The minimum Gasteiger partial charge on any atom is -0.273 e. The first-order valence-corrected chi connectivity index (χ1v) is 7.97. The third-order valence-corrected chi connectivity index (χ3v) is 4.76. The fraction of sp³-hybridized carbons (Fsp3) is 0.400. The van der Waals surface area contributed by atoms with Crippen molar-refractivity contribution < 1.29 is 0 Å². The summed E-state index contributed by atoms with van der Waals surface area (Å²) in [6, 6.07) is 7.76. The topological polar surface area (TPSA) is 17.8 Å². The summed E-state index contributed by atoms with van der Waals surface area (Å²) < 4.78 is 1.90. The number of nitrogens with zero attached hydrogens (tertiary/aromatic N) is 2. The standard InChI is InChI=1S/C15H17Cl3N2/c1-2-20-9-12(8-19-20)7-15(10-16,11-17)13-4-3-5-14(18)6-13/h3-6,8-9H,2,7,10-11H2,1H3. The first kappa shape index (κ1) is 15.7. The highest BCUT2D eigenvalue weighted by Crippen LogP contribution is 2.33. The second-order valence-corrected chi connectivity index (χ2v) is 5.91. The Hall–Kier alpha value is -0.700. The maximum atomic E-state index is 6.25. The van der Waals surface area contributed by atoms with Crippen molar-refractivity contribution in [3.63, 3.8) is 0 Å². The van der Waals surface area contributed by atoms with Crippen LogP contribution in [-0.2, 0) is 18.4 Å². The fourth-order valence-corrected chi connectivity index (χ4v) is 3.24. The van der Waals surface area contributed by atoms with Crippen molar-refractivity contribution in [1.29, 1.82) is 0 Å². The smallest absolute Gasteiger partial charge is 0.0522 e. The van der Waals surface area contributed by atoms with Gasteiger partial charge in [0.05, 0.1) is 6.20 Å². The lowest BCUT2D eigenvalue weighted by molar-refractivity contribution is 0.535. The van der Waals surface area contributed by atoms with E-state index in [2.05, 4.69) is 12.0 Å². The molecule has 0 aliphatic carbocycles. The molecular formula is C15H17Cl3N2. The van der Waals surface area contributed by atoms with Crippen molar-refractivity contribution in [2.45, 2.75) is 25.3 Å². The van der Waals surface area contributed by atoms with Crippen LogP contribution in [0.4, 0.5) is 0 Å². The van der Waals surface area contributed by atoms with E-state index in [4.69, 9.17) is 34.8 Å². The maximum absolute atomic E-state index is 6.25. The second-order valence-electron chi connectivity index (χ2n) is 4.94. The molecule has 2 rings (SSSR count). The number of halogens is 3. The number of hydrogen-bond acceptors (Lipinski definition) is 1. The molecule has 0 amide bonds. The van der Waals surface area contributed by atoms with E-state index >= 15 is 0 Å². The van der Waals surface area contributed by atoms with E-state index in [0.717, 1.165) is 24.1 Å². The molecule has 5 heteroatoms. The summed E-state index contributed by atoms with van der Waals surface area (Å²) in [4.78, 5) is 0. The monoisotopic (exact) mass is 330 g/mol. The van der Waals surface area contributed by atoms with Gasteiger partial charge in [0.2, 0.25) is 0 Å². The maximum Gasteiger partial charge on any atom is 0.0522 e. The molecular weight excluding hydrogens is 315 g/mol. The van der Waals surface area contributed by atoms with Crippen molar-refractivity contribution in [2.75, 3.05) is 11.8 Å². The molecule has 108 valence electrons. The van der Waals surface area contributed by atoms with Gasteiger partial charge >= 0.3 is 0 Å². The molecule has 0 aliphatic heterocycles. The average molecular weight is 332 g/mol. The zero-order valence-electron chi connectivity index (χ0n) is 11.3. The van der Waals surface area contributed by atoms with Crippen molar-refractivity contribution in [1.82, 2.24) is 9.78 Å². The quantitative estimate of drug-likeness (QED) is 0.712. The Balaban J connectivity index is 2.33. The Morgan fingerprint density at radius 3 is 2.55 bits per heavy atom. The van der Waals surface area contributed by atoms with Crippen molar-refractivity contribution in [2.24, 2.45) is 0 Å². The Labute approximate surface area is 134 Å². The molecule has 0 atom stereocenters. The highest BCUT2D eigenvalue weighted by atomic mass is 35.5. The van der Waals surface area contributed by atoms with Crippen LogP contribution in [0, 0.1) is 0 Å². The van der Waals surface area contributed by atoms with Crippen LogP contribution < -0.4 is 0 Å². The van der Waals surface area contributed by atoms with E-state index in [1.807, 2.05) is 41.3 Å². The zero-order chi connectivity index (χ0) is 14.6. The molecule has 0 unspecified atom stereocenters. The lowest BCUT2D eigenvalue weighted by Gasteiger charge is -2.30. The summed E-state index contributed by atoms with van der Waals surface area (Å²) in [5, 5.41) is 5.00. The molecule has 1 heterocycles. The first-order valence-electron chi connectivity index (χ1n) is 6.53. The van der Waals surface area contributed by atoms with Gasteiger partial charge in [-0.1, -0.05) is 23.7 Å². The lowest BCUT2D eigenvalue weighted by Crippen LogP contribution is -2.33. The van der Waals surface area contributed by atoms with Crippen molar-refractivity contribution in [3.8, 4) is 0 Å². The zero-order valence-corrected chi connectivity index (χ0v) is 13.6. The van der Waals surface area contributed by atoms with Crippen LogP contribution in [0.2, 0.25) is 5.02 Å². The number of hydrogen-bond donors (Lipinski definition) is 0. The van der Waals surface area contributed by atoms with Crippen LogP contribution in [0.3, 0.4) is 0 Å². The highest BCUT2D eigenvalue weighted by molar-refractivity contribution is 6.30. The van der Waals surface area contributed by atoms with Crippen LogP contribution >= 0.6 is 34.8 Å². The number of aromatic nitrogens is 2. The summed E-state index contributed by atoms with van der Waals surface area (Å²) in [7, 11) is 0. The Morgan fingerprint density at radius 1 is 1.25 bits per heavy atom. The molecule has 1 aromatic carbocycles. The highest BCUT2D eigenvalue weighted by Gasteiger charge is 2.31. The largest absolute Gasteiger partial charge is 0.273 e. The van der Waals surface area contributed by atoms with E-state index in [1.54, 1.807) is 0 Å². The van der Waals surface area contributed by atoms with E-state index in [-0.39, 0.29) is 5.41 Å². The second kappa shape index (κ2) is 6.84. The molecule has 1 aromatic heterocycles. The fourth-order valence-electron chi connectivity index (χ4n) is 2.27. The van der Waals surface area contributed by atoms with Crippen LogP contribution in [0.5, 0.6) is 0 Å². The van der Waals surface area contributed by atoms with Crippen LogP contribution in [-0.4, -0.2) is 21.5 Å². The normalized spacial score (nSPS) is 11.8. The predicted octanol–water partition coefficient (Wildman–Crippen LogP) is 4.51. The summed E-state index contributed by atoms with van der Waals surface area (Å²) in [6.45, 7) is 2.91. The average Bonchev–Trinajstić information content (AvgIpc) is 2.92. The van der Waals surface area contributed by atoms with E-state index in [9.17, 15) is 0 Å². The minimum absolute atomic E-state index is 0.324. The number of alkyl halides is 2. The van der Waals surface area contributed by atoms with Gasteiger partial charge in [-0.2, -0.15) is 5.10 Å². The van der Waals surface area contributed by atoms with Gasteiger partial charge in [0, 0.05) is 34.9 Å². The molecule has 0 radical (unpaired) electrons. The molecule has 2 nitrogen and oxygen atoms in total. The minimum atomic E-state index is -0.324. The number of rotatable bonds is 6. The molecule has 0 fully saturated rings. The number of benzene rings is 1. The lowest BCUT2D eigenvalue weighted by atomic mass is 9.79. The molecule has 0 aliphatic rings. The van der Waals surface area contributed by atoms with E-state index < -0.39 is 0 Å². The molecule has 0 N–H and O–H groups in total. The Morgan fingerprint density at radius 2 is 2.00 bits per heavy atom. The van der Waals surface area contributed by atoms with Gasteiger partial charge in [0.15, 0.2) is 0 Å². The van der Waals surface area contributed by atoms with Gasteiger partial charge in [-0.05, 0) is 36.6 Å². The van der Waals surface area contributed by atoms with Crippen LogP contribution in [0.1, 0.15) is 18.1 Å². The third kappa shape index (κ3) is 3.30.